The Morgan fingerprint density at radius 1 is 0.938 bits per heavy atom. The van der Waals surface area contributed by atoms with Gasteiger partial charge in [-0.25, -0.2) is 9.59 Å². The number of hydrogen-bond acceptors (Lipinski definition) is 6. The minimum absolute atomic E-state index is 0.0179. The van der Waals surface area contributed by atoms with Gasteiger partial charge in [-0.05, 0) is 49.2 Å². The van der Waals surface area contributed by atoms with E-state index in [1.54, 1.807) is 32.4 Å². The molecular formula is C22H25BrN2O7. The fraction of sp³-hybridized carbons (Fsp3) is 0.318. The Morgan fingerprint density at radius 3 is 1.88 bits per heavy atom. The van der Waals surface area contributed by atoms with Crippen molar-refractivity contribution in [1.29, 1.82) is 0 Å². The van der Waals surface area contributed by atoms with Crippen LogP contribution in [0.5, 0.6) is 11.5 Å². The standard InChI is InChI=1S/C20H23BrN2O3.C2H2O4/c1-25-18-11-14(12-19(13-18)26-2)20(24)23-9-7-17(8-10-23)22-16-5-3-15(21)4-6-16;3-1(4)2(5)6/h3-6,11-13,17,22H,7-10H2,1-2H3;(H,3,4)(H,5,6). The minimum atomic E-state index is -1.82. The van der Waals surface area contributed by atoms with Crippen molar-refractivity contribution in [2.45, 2.75) is 18.9 Å². The van der Waals surface area contributed by atoms with Crippen molar-refractivity contribution >= 4 is 39.5 Å². The van der Waals surface area contributed by atoms with Gasteiger partial charge in [0.15, 0.2) is 0 Å². The van der Waals surface area contributed by atoms with Gasteiger partial charge < -0.3 is 29.9 Å². The summed E-state index contributed by atoms with van der Waals surface area (Å²) in [5.74, 6) is -2.38. The Bertz CT molecular complexity index is 908. The molecule has 2 aromatic rings. The molecule has 3 rings (SSSR count). The number of nitrogens with zero attached hydrogens (tertiary/aromatic N) is 1. The lowest BCUT2D eigenvalue weighted by Crippen LogP contribution is -2.42. The molecule has 2 aromatic carbocycles. The first-order valence-corrected chi connectivity index (χ1v) is 10.5. The number of anilines is 1. The fourth-order valence-electron chi connectivity index (χ4n) is 3.12. The lowest BCUT2D eigenvalue weighted by Gasteiger charge is -2.33. The number of methoxy groups -OCH3 is 2. The number of likely N-dealkylation sites (tertiary alicyclic amines) is 1. The van der Waals surface area contributed by atoms with Crippen molar-refractivity contribution in [1.82, 2.24) is 4.90 Å². The van der Waals surface area contributed by atoms with Crippen LogP contribution in [0.3, 0.4) is 0 Å². The van der Waals surface area contributed by atoms with Crippen LogP contribution in [0, 0.1) is 0 Å². The topological polar surface area (TPSA) is 125 Å². The van der Waals surface area contributed by atoms with E-state index in [9.17, 15) is 4.79 Å². The number of rotatable bonds is 5. The molecule has 0 saturated carbocycles. The second kappa shape index (κ2) is 11.9. The van der Waals surface area contributed by atoms with E-state index >= 15 is 0 Å². The largest absolute Gasteiger partial charge is 0.497 e. The summed E-state index contributed by atoms with van der Waals surface area (Å²) in [7, 11) is 3.17. The lowest BCUT2D eigenvalue weighted by molar-refractivity contribution is -0.159. The van der Waals surface area contributed by atoms with Gasteiger partial charge in [-0.15, -0.1) is 0 Å². The van der Waals surface area contributed by atoms with Crippen LogP contribution < -0.4 is 14.8 Å². The van der Waals surface area contributed by atoms with E-state index in [0.29, 0.717) is 23.1 Å². The van der Waals surface area contributed by atoms with Crippen LogP contribution in [-0.4, -0.2) is 66.3 Å². The molecule has 1 aliphatic heterocycles. The number of aliphatic carboxylic acids is 2. The van der Waals surface area contributed by atoms with Gasteiger partial charge in [0.2, 0.25) is 0 Å². The molecule has 1 amide bonds. The number of carboxylic acids is 2. The van der Waals surface area contributed by atoms with Crippen LogP contribution in [-0.2, 0) is 9.59 Å². The zero-order valence-electron chi connectivity index (χ0n) is 17.7. The maximum atomic E-state index is 12.8. The Labute approximate surface area is 194 Å². The first-order chi connectivity index (χ1) is 15.2. The highest BCUT2D eigenvalue weighted by Crippen LogP contribution is 2.25. The molecule has 1 aliphatic rings. The molecular weight excluding hydrogens is 484 g/mol. The van der Waals surface area contributed by atoms with Crippen LogP contribution in [0.4, 0.5) is 5.69 Å². The second-order valence-electron chi connectivity index (χ2n) is 6.93. The molecule has 1 heterocycles. The molecule has 0 atom stereocenters. The smallest absolute Gasteiger partial charge is 0.414 e. The SMILES string of the molecule is COc1cc(OC)cc(C(=O)N2CCC(Nc3ccc(Br)cc3)CC2)c1.O=C(O)C(=O)O. The van der Waals surface area contributed by atoms with Crippen molar-refractivity contribution in [2.24, 2.45) is 0 Å². The van der Waals surface area contributed by atoms with Crippen molar-refractivity contribution < 1.29 is 34.1 Å². The summed E-state index contributed by atoms with van der Waals surface area (Å²) in [6.07, 6.45) is 1.84. The van der Waals surface area contributed by atoms with Gasteiger partial charge in [-0.3, -0.25) is 4.79 Å². The van der Waals surface area contributed by atoms with Crippen LogP contribution >= 0.6 is 15.9 Å². The number of amides is 1. The number of piperidine rings is 1. The van der Waals surface area contributed by atoms with Gasteiger partial charge in [0, 0.05) is 40.9 Å². The third kappa shape index (κ3) is 7.45. The monoisotopic (exact) mass is 508 g/mol. The Balaban J connectivity index is 0.000000534. The molecule has 0 spiro atoms. The van der Waals surface area contributed by atoms with E-state index in [1.165, 1.54) is 0 Å². The highest BCUT2D eigenvalue weighted by Gasteiger charge is 2.24. The van der Waals surface area contributed by atoms with E-state index < -0.39 is 11.9 Å². The molecule has 9 nitrogen and oxygen atoms in total. The van der Waals surface area contributed by atoms with E-state index in [1.807, 2.05) is 17.0 Å². The third-order valence-electron chi connectivity index (χ3n) is 4.78. The Kier molecular flexibility index (Phi) is 9.33. The van der Waals surface area contributed by atoms with E-state index in [-0.39, 0.29) is 5.91 Å². The number of carboxylic acid groups (broad SMARTS) is 2. The summed E-state index contributed by atoms with van der Waals surface area (Å²) in [6.45, 7) is 1.46. The highest BCUT2D eigenvalue weighted by atomic mass is 79.9. The zero-order chi connectivity index (χ0) is 23.7. The molecule has 1 fully saturated rings. The molecule has 0 unspecified atom stereocenters. The Morgan fingerprint density at radius 2 is 1.44 bits per heavy atom. The van der Waals surface area contributed by atoms with Crippen LogP contribution in [0.1, 0.15) is 23.2 Å². The molecule has 172 valence electrons. The fourth-order valence-corrected chi connectivity index (χ4v) is 3.39. The summed E-state index contributed by atoms with van der Waals surface area (Å²) in [6, 6.07) is 13.8. The first kappa shape index (κ1) is 25.0. The highest BCUT2D eigenvalue weighted by molar-refractivity contribution is 9.10. The van der Waals surface area contributed by atoms with Gasteiger partial charge in [-0.1, -0.05) is 15.9 Å². The predicted molar refractivity (Wildman–Crippen MR) is 122 cm³/mol. The molecule has 32 heavy (non-hydrogen) atoms. The van der Waals surface area contributed by atoms with Gasteiger partial charge in [0.1, 0.15) is 11.5 Å². The van der Waals surface area contributed by atoms with Gasteiger partial charge in [0.05, 0.1) is 14.2 Å². The molecule has 3 N–H and O–H groups in total. The molecule has 10 heteroatoms. The minimum Gasteiger partial charge on any atom is -0.497 e. The van der Waals surface area contributed by atoms with Gasteiger partial charge in [-0.2, -0.15) is 0 Å². The quantitative estimate of drug-likeness (QED) is 0.525. The van der Waals surface area contributed by atoms with Crippen molar-refractivity contribution in [3.63, 3.8) is 0 Å². The number of ether oxygens (including phenoxy) is 2. The number of nitrogens with one attached hydrogen (secondary N) is 1. The number of carbonyl (C=O) groups excluding carboxylic acids is 1. The first-order valence-electron chi connectivity index (χ1n) is 9.74. The van der Waals surface area contributed by atoms with Crippen LogP contribution in [0.2, 0.25) is 0 Å². The van der Waals surface area contributed by atoms with Crippen LogP contribution in [0.15, 0.2) is 46.9 Å². The average molecular weight is 509 g/mol. The number of halogens is 1. The second-order valence-corrected chi connectivity index (χ2v) is 7.85. The van der Waals surface area contributed by atoms with Gasteiger partial charge >= 0.3 is 11.9 Å². The summed E-state index contributed by atoms with van der Waals surface area (Å²) < 4.78 is 11.6. The molecule has 0 aromatic heterocycles. The number of benzene rings is 2. The summed E-state index contributed by atoms with van der Waals surface area (Å²) in [4.78, 5) is 32.9. The third-order valence-corrected chi connectivity index (χ3v) is 5.31. The molecule has 1 saturated heterocycles. The molecule has 0 radical (unpaired) electrons. The van der Waals surface area contributed by atoms with E-state index in [0.717, 1.165) is 36.1 Å². The van der Waals surface area contributed by atoms with Crippen LogP contribution in [0.25, 0.3) is 0 Å². The predicted octanol–water partition coefficient (Wildman–Crippen LogP) is 3.34. The number of carbonyl (C=O) groups is 3. The number of hydrogen-bond donors (Lipinski definition) is 3. The Hall–Kier alpha value is -3.27. The molecule has 0 aliphatic carbocycles. The van der Waals surface area contributed by atoms with E-state index in [2.05, 4.69) is 33.4 Å². The van der Waals surface area contributed by atoms with Crippen molar-refractivity contribution in [3.05, 3.63) is 52.5 Å². The maximum absolute atomic E-state index is 12.8. The maximum Gasteiger partial charge on any atom is 0.414 e. The van der Waals surface area contributed by atoms with Crippen molar-refractivity contribution in [2.75, 3.05) is 32.6 Å². The summed E-state index contributed by atoms with van der Waals surface area (Å²) >= 11 is 3.45. The lowest BCUT2D eigenvalue weighted by atomic mass is 10.0. The average Bonchev–Trinajstić information content (AvgIpc) is 2.80. The normalized spacial score (nSPS) is 13.4. The van der Waals surface area contributed by atoms with Crippen molar-refractivity contribution in [3.8, 4) is 11.5 Å². The van der Waals surface area contributed by atoms with E-state index in [4.69, 9.17) is 29.3 Å². The molecule has 0 bridgehead atoms. The zero-order valence-corrected chi connectivity index (χ0v) is 19.3. The summed E-state index contributed by atoms with van der Waals surface area (Å²) in [5.41, 5.74) is 1.70. The van der Waals surface area contributed by atoms with Gasteiger partial charge in [0.25, 0.3) is 5.91 Å². The summed E-state index contributed by atoms with van der Waals surface area (Å²) in [5, 5.41) is 18.3.